The van der Waals surface area contributed by atoms with Crippen molar-refractivity contribution in [2.45, 2.75) is 23.3 Å². The van der Waals surface area contributed by atoms with Crippen LogP contribution < -0.4 is 21.3 Å². The minimum absolute atomic E-state index is 0.0388. The molecule has 0 radical (unpaired) electrons. The molecule has 2 heterocycles. The van der Waals surface area contributed by atoms with E-state index in [2.05, 4.69) is 20.0 Å². The van der Waals surface area contributed by atoms with Crippen molar-refractivity contribution in [3.05, 3.63) is 39.0 Å². The molecule has 1 saturated heterocycles. The van der Waals surface area contributed by atoms with Crippen LogP contribution in [0.25, 0.3) is 10.9 Å². The number of rotatable bonds is 6. The molecule has 136 valence electrons. The van der Waals surface area contributed by atoms with Crippen molar-refractivity contribution in [3.8, 4) is 0 Å². The van der Waals surface area contributed by atoms with Crippen molar-refractivity contribution in [1.29, 1.82) is 0 Å². The van der Waals surface area contributed by atoms with E-state index in [1.54, 1.807) is 7.11 Å². The van der Waals surface area contributed by atoms with Crippen molar-refractivity contribution in [3.63, 3.8) is 0 Å². The summed E-state index contributed by atoms with van der Waals surface area (Å²) in [5, 5.41) is 3.40. The Hall–Kier alpha value is -2.01. The van der Waals surface area contributed by atoms with Crippen molar-refractivity contribution in [2.24, 2.45) is 0 Å². The van der Waals surface area contributed by atoms with E-state index in [0.29, 0.717) is 6.61 Å². The van der Waals surface area contributed by atoms with Gasteiger partial charge in [-0.3, -0.25) is 9.78 Å². The molecule has 1 aromatic carbocycles. The van der Waals surface area contributed by atoms with Crippen molar-refractivity contribution >= 4 is 20.9 Å². The molecule has 9 nitrogen and oxygen atoms in total. The third-order valence-corrected chi connectivity index (χ3v) is 5.77. The summed E-state index contributed by atoms with van der Waals surface area (Å²) in [5.74, 6) is 0. The van der Waals surface area contributed by atoms with Gasteiger partial charge in [0.15, 0.2) is 0 Å². The fourth-order valence-corrected chi connectivity index (χ4v) is 4.25. The highest BCUT2D eigenvalue weighted by molar-refractivity contribution is 7.89. The first-order valence-electron chi connectivity index (χ1n) is 7.85. The van der Waals surface area contributed by atoms with E-state index in [1.165, 1.54) is 18.2 Å². The summed E-state index contributed by atoms with van der Waals surface area (Å²) in [6, 6.07) is 4.00. The van der Waals surface area contributed by atoms with Gasteiger partial charge in [0.1, 0.15) is 0 Å². The van der Waals surface area contributed by atoms with Crippen LogP contribution in [0.3, 0.4) is 0 Å². The van der Waals surface area contributed by atoms with Gasteiger partial charge in [0.05, 0.1) is 27.9 Å². The standard InChI is InChI=1S/C15H20N4O5S/c1-24-9-15(5-2-6-16-15)8-17-25(22,23)10-3-4-12-11(7-10)13(20)19-14(21)18-12/h3-4,7,16-17H,2,5-6,8-9H2,1H3,(H2,18,19,20,21). The Labute approximate surface area is 143 Å². The molecule has 0 amide bonds. The first kappa shape index (κ1) is 17.8. The van der Waals surface area contributed by atoms with Crippen LogP contribution in [0.5, 0.6) is 0 Å². The zero-order chi connectivity index (χ0) is 18.1. The van der Waals surface area contributed by atoms with Crippen molar-refractivity contribution < 1.29 is 13.2 Å². The average Bonchev–Trinajstić information content (AvgIpc) is 3.02. The molecule has 1 aliphatic rings. The van der Waals surface area contributed by atoms with Gasteiger partial charge in [-0.2, -0.15) is 0 Å². The zero-order valence-electron chi connectivity index (χ0n) is 13.7. The van der Waals surface area contributed by atoms with Crippen LogP contribution in [0, 0.1) is 0 Å². The second-order valence-electron chi connectivity index (χ2n) is 6.18. The first-order valence-corrected chi connectivity index (χ1v) is 9.34. The van der Waals surface area contributed by atoms with Crippen LogP contribution >= 0.6 is 0 Å². The van der Waals surface area contributed by atoms with Gasteiger partial charge in [0.25, 0.3) is 5.56 Å². The molecule has 1 atom stereocenters. The van der Waals surface area contributed by atoms with E-state index in [-0.39, 0.29) is 22.3 Å². The Bertz CT molecular complexity index is 989. The van der Waals surface area contributed by atoms with Crippen LogP contribution in [-0.4, -0.2) is 50.7 Å². The average molecular weight is 368 g/mol. The fraction of sp³-hybridized carbons (Fsp3) is 0.467. The molecular weight excluding hydrogens is 348 g/mol. The van der Waals surface area contributed by atoms with Crippen LogP contribution in [-0.2, 0) is 14.8 Å². The number of hydrogen-bond donors (Lipinski definition) is 4. The van der Waals surface area contributed by atoms with E-state index in [1.807, 2.05) is 0 Å². The normalized spacial score (nSPS) is 21.0. The van der Waals surface area contributed by atoms with Gasteiger partial charge in [0, 0.05) is 13.7 Å². The number of aromatic nitrogens is 2. The number of sulfonamides is 1. The molecule has 0 aliphatic carbocycles. The maximum absolute atomic E-state index is 12.6. The lowest BCUT2D eigenvalue weighted by atomic mass is 9.99. The summed E-state index contributed by atoms with van der Waals surface area (Å²) in [7, 11) is -2.24. The Balaban J connectivity index is 1.88. The second-order valence-corrected chi connectivity index (χ2v) is 7.95. The summed E-state index contributed by atoms with van der Waals surface area (Å²) in [5.41, 5.74) is -1.42. The lowest BCUT2D eigenvalue weighted by Gasteiger charge is -2.28. The number of methoxy groups -OCH3 is 1. The molecule has 10 heteroatoms. The third-order valence-electron chi connectivity index (χ3n) is 4.37. The van der Waals surface area contributed by atoms with E-state index in [9.17, 15) is 18.0 Å². The highest BCUT2D eigenvalue weighted by atomic mass is 32.2. The Morgan fingerprint density at radius 2 is 2.08 bits per heavy atom. The van der Waals surface area contributed by atoms with Gasteiger partial charge in [-0.1, -0.05) is 0 Å². The highest BCUT2D eigenvalue weighted by Crippen LogP contribution is 2.20. The van der Waals surface area contributed by atoms with Gasteiger partial charge >= 0.3 is 5.69 Å². The van der Waals surface area contributed by atoms with Gasteiger partial charge in [-0.25, -0.2) is 17.9 Å². The second kappa shape index (κ2) is 6.71. The summed E-state index contributed by atoms with van der Waals surface area (Å²) >= 11 is 0. The number of benzene rings is 1. The molecule has 1 unspecified atom stereocenters. The monoisotopic (exact) mass is 368 g/mol. The Kier molecular flexibility index (Phi) is 4.78. The summed E-state index contributed by atoms with van der Waals surface area (Å²) in [6.45, 7) is 1.39. The number of fused-ring (bicyclic) bond motifs is 1. The van der Waals surface area contributed by atoms with Crippen LogP contribution in [0.1, 0.15) is 12.8 Å². The summed E-state index contributed by atoms with van der Waals surface area (Å²) in [4.78, 5) is 27.6. The van der Waals surface area contributed by atoms with Crippen LogP contribution in [0.4, 0.5) is 0 Å². The molecule has 1 fully saturated rings. The van der Waals surface area contributed by atoms with Gasteiger partial charge in [-0.15, -0.1) is 0 Å². The summed E-state index contributed by atoms with van der Waals surface area (Å²) < 4.78 is 33.0. The molecular formula is C15H20N4O5S. The predicted molar refractivity (Wildman–Crippen MR) is 92.2 cm³/mol. The molecule has 0 saturated carbocycles. The highest BCUT2D eigenvalue weighted by Gasteiger charge is 2.34. The topological polar surface area (TPSA) is 133 Å². The van der Waals surface area contributed by atoms with Gasteiger partial charge in [0.2, 0.25) is 10.0 Å². The lowest BCUT2D eigenvalue weighted by Crippen LogP contribution is -2.52. The maximum Gasteiger partial charge on any atom is 0.326 e. The third kappa shape index (κ3) is 3.66. The minimum Gasteiger partial charge on any atom is -0.383 e. The molecule has 1 aliphatic heterocycles. The van der Waals surface area contributed by atoms with Crippen LogP contribution in [0.2, 0.25) is 0 Å². The quantitative estimate of drug-likeness (QED) is 0.531. The molecule has 0 spiro atoms. The molecule has 4 N–H and O–H groups in total. The SMILES string of the molecule is COCC1(CNS(=O)(=O)c2ccc3[nH]c(=O)[nH]c(=O)c3c2)CCCN1. The number of hydrogen-bond acceptors (Lipinski definition) is 6. The van der Waals surface area contributed by atoms with Crippen molar-refractivity contribution in [2.75, 3.05) is 26.8 Å². The number of H-pyrrole nitrogens is 2. The number of aromatic amines is 2. The largest absolute Gasteiger partial charge is 0.383 e. The van der Waals surface area contributed by atoms with Crippen LogP contribution in [0.15, 0.2) is 32.7 Å². The number of ether oxygens (including phenoxy) is 1. The predicted octanol–water partition coefficient (Wildman–Crippen LogP) is -0.737. The van der Waals surface area contributed by atoms with Crippen molar-refractivity contribution in [1.82, 2.24) is 20.0 Å². The molecule has 2 aromatic rings. The number of nitrogens with one attached hydrogen (secondary N) is 4. The minimum atomic E-state index is -3.81. The first-order chi connectivity index (χ1) is 11.9. The maximum atomic E-state index is 12.6. The molecule has 1 aromatic heterocycles. The molecule has 0 bridgehead atoms. The molecule has 25 heavy (non-hydrogen) atoms. The van der Waals surface area contributed by atoms with Gasteiger partial charge in [-0.05, 0) is 37.6 Å². The zero-order valence-corrected chi connectivity index (χ0v) is 14.5. The van der Waals surface area contributed by atoms with E-state index >= 15 is 0 Å². The van der Waals surface area contributed by atoms with E-state index < -0.39 is 26.8 Å². The molecule has 3 rings (SSSR count). The Morgan fingerprint density at radius 3 is 2.76 bits per heavy atom. The lowest BCUT2D eigenvalue weighted by molar-refractivity contribution is 0.122. The fourth-order valence-electron chi connectivity index (χ4n) is 3.10. The van der Waals surface area contributed by atoms with Gasteiger partial charge < -0.3 is 15.0 Å². The van der Waals surface area contributed by atoms with E-state index in [0.717, 1.165) is 19.4 Å². The van der Waals surface area contributed by atoms with E-state index in [4.69, 9.17) is 4.74 Å². The Morgan fingerprint density at radius 1 is 1.28 bits per heavy atom. The summed E-state index contributed by atoms with van der Waals surface area (Å²) in [6.07, 6.45) is 1.76. The smallest absolute Gasteiger partial charge is 0.326 e.